The highest BCUT2D eigenvalue weighted by Crippen LogP contribution is 2.27. The van der Waals surface area contributed by atoms with Crippen LogP contribution in [-0.4, -0.2) is 89.2 Å². The molecule has 1 fully saturated rings. The minimum atomic E-state index is -1.90. The van der Waals surface area contributed by atoms with E-state index in [0.717, 1.165) is 89.9 Å². The van der Waals surface area contributed by atoms with Crippen LogP contribution in [0.25, 0.3) is 0 Å². The maximum absolute atomic E-state index is 13.1. The number of rotatable bonds is 57. The van der Waals surface area contributed by atoms with Gasteiger partial charge in [-0.1, -0.05) is 263 Å². The molecule has 6 unspecified atom stereocenters. The molecule has 3 N–H and O–H groups in total. The van der Waals surface area contributed by atoms with Crippen LogP contribution in [-0.2, 0) is 42.9 Å². The topological polar surface area (TPSA) is 175 Å². The summed E-state index contributed by atoms with van der Waals surface area (Å²) in [6.07, 6.45) is 54.0. The fourth-order valence-corrected chi connectivity index (χ4v) is 10.1. The van der Waals surface area contributed by atoms with Gasteiger partial charge in [-0.05, 0) is 70.6 Å². The second kappa shape index (κ2) is 55.5. The number of ether oxygens (including phenoxy) is 5. The van der Waals surface area contributed by atoms with Gasteiger partial charge in [0.15, 0.2) is 24.6 Å². The van der Waals surface area contributed by atoms with E-state index in [-0.39, 0.29) is 25.9 Å². The molecule has 1 saturated heterocycles. The van der Waals surface area contributed by atoms with Crippen molar-refractivity contribution in [1.29, 1.82) is 0 Å². The molecule has 1 aliphatic heterocycles. The molecule has 0 amide bonds. The average molecular weight is 1120 g/mol. The SMILES string of the molecule is CCCC/C=C\CCCCCCCC(=O)OC(COC(=O)CCCCCCCCCCC/C=C\C/C=C\CCCCC)COC1OC(C(=O)O)C(O)C(O)C1OC(=O)CCCCCCCCCCCCCCCCCCCCC. The van der Waals surface area contributed by atoms with Gasteiger partial charge in [-0.15, -0.1) is 0 Å². The smallest absolute Gasteiger partial charge is 0.335 e. The van der Waals surface area contributed by atoms with Crippen molar-refractivity contribution in [1.82, 2.24) is 0 Å². The normalized spacial score (nSPS) is 18.0. The summed E-state index contributed by atoms with van der Waals surface area (Å²) in [4.78, 5) is 51.3. The Morgan fingerprint density at radius 3 is 1.22 bits per heavy atom. The summed E-state index contributed by atoms with van der Waals surface area (Å²) >= 11 is 0. The Balaban J connectivity index is 2.59. The number of hydrogen-bond donors (Lipinski definition) is 3. The van der Waals surface area contributed by atoms with Crippen LogP contribution in [0.3, 0.4) is 0 Å². The standard InChI is InChI=1S/C67H120O12/c1-4-7-10-13-16-19-22-24-26-28-30-32-34-36-39-41-44-47-50-53-59(68)75-56-58(77-60(69)54-51-48-45-42-38-21-18-15-12-9-6-3)57-76-67-65(63(72)62(71)64(79-67)66(73)74)78-61(70)55-52-49-46-43-40-37-35-33-31-29-27-25-23-20-17-14-11-8-5-2/h15-16,18-19,24,26,58,62-65,67,71-72H,4-14,17,20-23,25,27-57H2,1-3H3,(H,73,74)/b18-15-,19-16-,26-24-. The Hall–Kier alpha value is -3.06. The molecule has 12 nitrogen and oxygen atoms in total. The number of esters is 3. The first kappa shape index (κ1) is 74.0. The first-order chi connectivity index (χ1) is 38.6. The monoisotopic (exact) mass is 1120 g/mol. The zero-order valence-corrected chi connectivity index (χ0v) is 50.9. The third-order valence-corrected chi connectivity index (χ3v) is 15.2. The van der Waals surface area contributed by atoms with Crippen molar-refractivity contribution in [2.45, 2.75) is 353 Å². The Labute approximate surface area is 482 Å². The highest BCUT2D eigenvalue weighted by Gasteiger charge is 2.50. The molecule has 0 saturated carbocycles. The molecule has 0 aliphatic carbocycles. The third-order valence-electron chi connectivity index (χ3n) is 15.2. The van der Waals surface area contributed by atoms with E-state index in [1.807, 2.05) is 0 Å². The minimum Gasteiger partial charge on any atom is -0.479 e. The highest BCUT2D eigenvalue weighted by atomic mass is 16.7. The van der Waals surface area contributed by atoms with Crippen LogP contribution in [0.5, 0.6) is 0 Å². The molecule has 12 heteroatoms. The molecule has 0 radical (unpaired) electrons. The van der Waals surface area contributed by atoms with Crippen LogP contribution in [0.15, 0.2) is 36.5 Å². The summed E-state index contributed by atoms with van der Waals surface area (Å²) in [5, 5.41) is 31.6. The second-order valence-electron chi connectivity index (χ2n) is 22.8. The lowest BCUT2D eigenvalue weighted by Gasteiger charge is -2.40. The molecule has 1 heterocycles. The lowest BCUT2D eigenvalue weighted by molar-refractivity contribution is -0.301. The zero-order valence-electron chi connectivity index (χ0n) is 50.9. The summed E-state index contributed by atoms with van der Waals surface area (Å²) in [5.74, 6) is -3.10. The quantitative estimate of drug-likeness (QED) is 0.0228. The number of aliphatic hydroxyl groups is 2. The van der Waals surface area contributed by atoms with Gasteiger partial charge >= 0.3 is 23.9 Å². The van der Waals surface area contributed by atoms with Crippen molar-refractivity contribution < 1.29 is 58.2 Å². The Kier molecular flexibility index (Phi) is 51.9. The van der Waals surface area contributed by atoms with Crippen LogP contribution >= 0.6 is 0 Å². The number of aliphatic hydroxyl groups excluding tert-OH is 2. The van der Waals surface area contributed by atoms with Gasteiger partial charge in [0.2, 0.25) is 0 Å². The van der Waals surface area contributed by atoms with Gasteiger partial charge in [0, 0.05) is 19.3 Å². The minimum absolute atomic E-state index is 0.0653. The molecule has 460 valence electrons. The Bertz CT molecular complexity index is 1510. The second-order valence-corrected chi connectivity index (χ2v) is 22.8. The van der Waals surface area contributed by atoms with E-state index >= 15 is 0 Å². The number of allylic oxidation sites excluding steroid dienone is 6. The highest BCUT2D eigenvalue weighted by molar-refractivity contribution is 5.74. The average Bonchev–Trinajstić information content (AvgIpc) is 3.47. The third kappa shape index (κ3) is 45.2. The van der Waals surface area contributed by atoms with E-state index < -0.39 is 67.3 Å². The van der Waals surface area contributed by atoms with Crippen LogP contribution in [0, 0.1) is 0 Å². The van der Waals surface area contributed by atoms with Crippen molar-refractivity contribution in [3.05, 3.63) is 36.5 Å². The fourth-order valence-electron chi connectivity index (χ4n) is 10.1. The Morgan fingerprint density at radius 2 is 0.772 bits per heavy atom. The van der Waals surface area contributed by atoms with E-state index in [9.17, 15) is 34.5 Å². The van der Waals surface area contributed by atoms with Crippen molar-refractivity contribution >= 4 is 23.9 Å². The van der Waals surface area contributed by atoms with Crippen molar-refractivity contribution in [2.75, 3.05) is 13.2 Å². The number of carboxylic acids is 1. The molecular formula is C67H120O12. The predicted molar refractivity (Wildman–Crippen MR) is 322 cm³/mol. The molecule has 0 aromatic heterocycles. The van der Waals surface area contributed by atoms with Gasteiger partial charge in [-0.3, -0.25) is 14.4 Å². The largest absolute Gasteiger partial charge is 0.479 e. The molecule has 0 spiro atoms. The molecular weight excluding hydrogens is 997 g/mol. The van der Waals surface area contributed by atoms with Crippen LogP contribution in [0.4, 0.5) is 0 Å². The molecule has 0 aromatic rings. The maximum atomic E-state index is 13.1. The molecule has 1 rings (SSSR count). The fraction of sp³-hybridized carbons (Fsp3) is 0.851. The van der Waals surface area contributed by atoms with Gasteiger partial charge in [-0.25, -0.2) is 4.79 Å². The molecule has 79 heavy (non-hydrogen) atoms. The molecule has 0 aromatic carbocycles. The number of unbranched alkanes of at least 4 members (excludes halogenated alkanes) is 37. The summed E-state index contributed by atoms with van der Waals surface area (Å²) < 4.78 is 28.5. The van der Waals surface area contributed by atoms with Crippen LogP contribution in [0.1, 0.15) is 316 Å². The van der Waals surface area contributed by atoms with E-state index in [0.29, 0.717) is 19.3 Å². The molecule has 6 atom stereocenters. The van der Waals surface area contributed by atoms with Crippen molar-refractivity contribution in [2.24, 2.45) is 0 Å². The maximum Gasteiger partial charge on any atom is 0.335 e. The number of carboxylic acid groups (broad SMARTS) is 1. The van der Waals surface area contributed by atoms with E-state index in [4.69, 9.17) is 23.7 Å². The number of carbonyl (C=O) groups is 4. The predicted octanol–water partition coefficient (Wildman–Crippen LogP) is 17.6. The van der Waals surface area contributed by atoms with E-state index in [2.05, 4.69) is 57.2 Å². The molecule has 1 aliphatic rings. The van der Waals surface area contributed by atoms with Crippen molar-refractivity contribution in [3.63, 3.8) is 0 Å². The van der Waals surface area contributed by atoms with Gasteiger partial charge in [0.05, 0.1) is 6.61 Å². The number of hydrogen-bond acceptors (Lipinski definition) is 11. The van der Waals surface area contributed by atoms with Gasteiger partial charge < -0.3 is 39.0 Å². The first-order valence-electron chi connectivity index (χ1n) is 33.0. The van der Waals surface area contributed by atoms with E-state index in [1.54, 1.807) is 0 Å². The van der Waals surface area contributed by atoms with Gasteiger partial charge in [-0.2, -0.15) is 0 Å². The van der Waals surface area contributed by atoms with Crippen LogP contribution in [0.2, 0.25) is 0 Å². The lowest BCUT2D eigenvalue weighted by Crippen LogP contribution is -2.61. The zero-order chi connectivity index (χ0) is 57.5. The summed E-state index contributed by atoms with van der Waals surface area (Å²) in [7, 11) is 0. The summed E-state index contributed by atoms with van der Waals surface area (Å²) in [5.41, 5.74) is 0. The lowest BCUT2D eigenvalue weighted by atomic mass is 9.98. The van der Waals surface area contributed by atoms with Gasteiger partial charge in [0.1, 0.15) is 18.8 Å². The first-order valence-corrected chi connectivity index (χ1v) is 33.0. The van der Waals surface area contributed by atoms with Gasteiger partial charge in [0.25, 0.3) is 0 Å². The van der Waals surface area contributed by atoms with E-state index in [1.165, 1.54) is 167 Å². The number of carbonyl (C=O) groups excluding carboxylic acids is 3. The van der Waals surface area contributed by atoms with Crippen molar-refractivity contribution in [3.8, 4) is 0 Å². The molecule has 0 bridgehead atoms. The summed E-state index contributed by atoms with van der Waals surface area (Å²) in [6, 6.07) is 0. The Morgan fingerprint density at radius 1 is 0.418 bits per heavy atom. The summed E-state index contributed by atoms with van der Waals surface area (Å²) in [6.45, 7) is 5.97. The number of aliphatic carboxylic acids is 1. The van der Waals surface area contributed by atoms with Crippen LogP contribution < -0.4 is 0 Å².